The van der Waals surface area contributed by atoms with E-state index in [0.29, 0.717) is 0 Å². The molecule has 0 nitrogen and oxygen atoms in total. The Morgan fingerprint density at radius 1 is 1.25 bits per heavy atom. The summed E-state index contributed by atoms with van der Waals surface area (Å²) in [5.74, 6) is 0. The van der Waals surface area contributed by atoms with Crippen LogP contribution in [0.5, 0.6) is 0 Å². The molecular weight excluding hydrogens is 371 g/mol. The molecule has 0 amide bonds. The number of hydrogen-bond acceptors (Lipinski definition) is 1. The first-order chi connectivity index (χ1) is 1.00. The number of hydrogen-bond donors (Lipinski definition) is 0. The normalized spacial score (nSPS) is 1.50. The summed E-state index contributed by atoms with van der Waals surface area (Å²) in [6.45, 7) is 0. The van der Waals surface area contributed by atoms with Crippen LogP contribution in [0.4, 0.5) is 0 Å². The van der Waals surface area contributed by atoms with Crippen molar-refractivity contribution in [3.8, 4) is 0 Å². The van der Waals surface area contributed by atoms with E-state index in [1.54, 1.807) is 0 Å². The van der Waals surface area contributed by atoms with Crippen molar-refractivity contribution in [1.29, 1.82) is 0 Å². The van der Waals surface area contributed by atoms with Gasteiger partial charge in [-0.1, -0.05) is 0 Å². The standard InChI is InChI=1S/CH2S.U.Y/c1-2;;/h1H2;;/q-2;;. The molecule has 0 spiro atoms. The molecule has 21 valence electrons. The monoisotopic (exact) mass is 373 g/mol. The van der Waals surface area contributed by atoms with Crippen LogP contribution in [-0.2, 0) is 45.3 Å². The molecule has 0 aliphatic heterocycles. The van der Waals surface area contributed by atoms with Gasteiger partial charge in [-0.2, -0.15) is 0 Å². The summed E-state index contributed by atoms with van der Waals surface area (Å²) in [6, 6.07) is 0. The summed E-state index contributed by atoms with van der Waals surface area (Å²) in [6.07, 6.45) is 2.83. The van der Waals surface area contributed by atoms with Gasteiger partial charge in [0.1, 0.15) is 0 Å². The fourth-order valence-electron chi connectivity index (χ4n) is 0. The summed E-state index contributed by atoms with van der Waals surface area (Å²) in [5, 5.41) is 0. The maximum absolute atomic E-state index is 3.83. The summed E-state index contributed by atoms with van der Waals surface area (Å²) < 4.78 is 0. The Balaban J connectivity index is -0.00000000500. The zero-order chi connectivity index (χ0) is 2.00. The third-order valence-electron chi connectivity index (χ3n) is 0. The van der Waals surface area contributed by atoms with E-state index in [9.17, 15) is 0 Å². The van der Waals surface area contributed by atoms with E-state index in [-0.39, 0.29) is 63.8 Å². The molecule has 0 saturated heterocycles. The molecule has 0 fully saturated rings. The molecular formula is CH2SUY-2. The third kappa shape index (κ3) is 8.82. The zero-order valence-electron chi connectivity index (χ0n) is 2.19. The maximum atomic E-state index is 3.83. The molecule has 0 N–H and O–H groups in total. The van der Waals surface area contributed by atoms with Gasteiger partial charge in [0.05, 0.1) is 0 Å². The van der Waals surface area contributed by atoms with Gasteiger partial charge < -0.3 is 18.9 Å². The van der Waals surface area contributed by atoms with Gasteiger partial charge in [0.25, 0.3) is 0 Å². The zero-order valence-corrected chi connectivity index (χ0v) is 10.0. The average Bonchev–Trinajstić information content (AvgIpc) is 1.00. The Morgan fingerprint density at radius 2 is 1.25 bits per heavy atom. The molecule has 3 heteroatoms. The average molecular weight is 373 g/mol. The SMILES string of the molecule is [CH2-][S-].[U].[Y]. The van der Waals surface area contributed by atoms with Gasteiger partial charge in [-0.25, -0.2) is 0 Å². The molecule has 0 aliphatic rings. The van der Waals surface area contributed by atoms with Gasteiger partial charge in [0.2, 0.25) is 0 Å². The van der Waals surface area contributed by atoms with E-state index in [1.807, 2.05) is 0 Å². The predicted octanol–water partition coefficient (Wildman–Crippen LogP) is 0.322. The van der Waals surface area contributed by atoms with Crippen LogP contribution in [0.25, 0.3) is 0 Å². The first kappa shape index (κ1) is 16.0. The van der Waals surface area contributed by atoms with E-state index in [1.165, 1.54) is 0 Å². The van der Waals surface area contributed by atoms with Crippen molar-refractivity contribution in [2.45, 2.75) is 0 Å². The van der Waals surface area contributed by atoms with Crippen molar-refractivity contribution in [3.05, 3.63) is 6.26 Å². The summed E-state index contributed by atoms with van der Waals surface area (Å²) in [5.41, 5.74) is 0. The molecule has 1 radical (unpaired) electrons. The largest absolute Gasteiger partial charge is 1.02 e. The van der Waals surface area contributed by atoms with Crippen LogP contribution in [0.2, 0.25) is 0 Å². The molecule has 0 aliphatic carbocycles. The van der Waals surface area contributed by atoms with Crippen molar-refractivity contribution >= 4 is 12.6 Å². The topological polar surface area (TPSA) is 0 Å². The molecule has 0 aromatic carbocycles. The predicted molar refractivity (Wildman–Crippen MR) is 12.7 cm³/mol. The quantitative estimate of drug-likeness (QED) is 0.436. The molecule has 0 aromatic heterocycles. The minimum absolute atomic E-state index is 0. The van der Waals surface area contributed by atoms with Crippen molar-refractivity contribution in [1.82, 2.24) is 0 Å². The molecule has 0 atom stereocenters. The van der Waals surface area contributed by atoms with E-state index in [2.05, 4.69) is 18.9 Å². The smallest absolute Gasteiger partial charge is 0 e. The van der Waals surface area contributed by atoms with E-state index < -0.39 is 0 Å². The van der Waals surface area contributed by atoms with Crippen LogP contribution in [0.15, 0.2) is 0 Å². The molecule has 0 unspecified atom stereocenters. The molecule has 4 heavy (non-hydrogen) atoms. The second-order valence-electron chi connectivity index (χ2n) is 0. The Labute approximate surface area is 81.2 Å². The molecule has 0 aromatic rings. The van der Waals surface area contributed by atoms with E-state index >= 15 is 0 Å². The van der Waals surface area contributed by atoms with Gasteiger partial charge in [-0.15, -0.1) is 0 Å². The van der Waals surface area contributed by atoms with Gasteiger partial charge in [-0.05, 0) is 0 Å². The molecule has 0 heterocycles. The Morgan fingerprint density at radius 3 is 1.25 bits per heavy atom. The van der Waals surface area contributed by atoms with Crippen LogP contribution in [-0.4, -0.2) is 0 Å². The Hall–Kier alpha value is 2.51. The van der Waals surface area contributed by atoms with E-state index in [0.717, 1.165) is 0 Å². The van der Waals surface area contributed by atoms with Gasteiger partial charge in [0, 0.05) is 63.8 Å². The molecule has 0 saturated carbocycles. The van der Waals surface area contributed by atoms with Crippen molar-refractivity contribution in [3.63, 3.8) is 0 Å². The minimum atomic E-state index is 0. The fourth-order valence-corrected chi connectivity index (χ4v) is 0. The van der Waals surface area contributed by atoms with Crippen molar-refractivity contribution in [2.24, 2.45) is 0 Å². The van der Waals surface area contributed by atoms with Gasteiger partial charge in [-0.3, -0.25) is 0 Å². The summed E-state index contributed by atoms with van der Waals surface area (Å²) in [4.78, 5) is 0. The van der Waals surface area contributed by atoms with Gasteiger partial charge >= 0.3 is 0 Å². The number of rotatable bonds is 0. The van der Waals surface area contributed by atoms with Crippen LogP contribution in [0, 0.1) is 37.4 Å². The molecule has 0 bridgehead atoms. The van der Waals surface area contributed by atoms with Crippen molar-refractivity contribution in [2.75, 3.05) is 0 Å². The second kappa shape index (κ2) is 17.8. The van der Waals surface area contributed by atoms with Crippen LogP contribution >= 0.6 is 0 Å². The van der Waals surface area contributed by atoms with Crippen LogP contribution < -0.4 is 0 Å². The Bertz CT molecular complexity index is 8.00. The Kier molecular flexibility index (Phi) is 71.4. The first-order valence-electron chi connectivity index (χ1n) is 0.289. The van der Waals surface area contributed by atoms with Crippen molar-refractivity contribution < 1.29 is 63.8 Å². The minimum Gasteiger partial charge on any atom is -1.02 e. The van der Waals surface area contributed by atoms with Crippen LogP contribution in [0.3, 0.4) is 0 Å². The first-order valence-corrected chi connectivity index (χ1v) is 0.866. The van der Waals surface area contributed by atoms with Gasteiger partial charge in [0.15, 0.2) is 0 Å². The fraction of sp³-hybridized carbons (Fsp3) is 0. The maximum Gasteiger partial charge on any atom is 0 e. The summed E-state index contributed by atoms with van der Waals surface area (Å²) in [7, 11) is 0. The molecule has 0 rings (SSSR count). The summed E-state index contributed by atoms with van der Waals surface area (Å²) >= 11 is 3.83. The van der Waals surface area contributed by atoms with Crippen LogP contribution in [0.1, 0.15) is 0 Å². The van der Waals surface area contributed by atoms with E-state index in [4.69, 9.17) is 0 Å². The second-order valence-corrected chi connectivity index (χ2v) is 0. The third-order valence-corrected chi connectivity index (χ3v) is 0.